The van der Waals surface area contributed by atoms with Gasteiger partial charge in [-0.05, 0) is 18.2 Å². The van der Waals surface area contributed by atoms with Crippen LogP contribution >= 0.6 is 15.9 Å². The third-order valence-corrected chi connectivity index (χ3v) is 2.45. The number of benzene rings is 1. The number of alkyl halides is 3. The van der Waals surface area contributed by atoms with E-state index in [-0.39, 0.29) is 10.9 Å². The Kier molecular flexibility index (Phi) is 2.49. The average molecular weight is 293 g/mol. The van der Waals surface area contributed by atoms with Gasteiger partial charge in [-0.2, -0.15) is 18.2 Å². The van der Waals surface area contributed by atoms with Gasteiger partial charge in [0.2, 0.25) is 0 Å². The summed E-state index contributed by atoms with van der Waals surface area (Å²) < 4.78 is 38.3. The zero-order chi connectivity index (χ0) is 11.9. The highest BCUT2D eigenvalue weighted by molar-refractivity contribution is 9.10. The van der Waals surface area contributed by atoms with Crippen LogP contribution in [-0.4, -0.2) is 9.97 Å². The van der Waals surface area contributed by atoms with Gasteiger partial charge >= 0.3 is 11.9 Å². The molecule has 0 unspecified atom stereocenters. The number of hydrogen-bond acceptors (Lipinski definition) is 2. The fourth-order valence-electron chi connectivity index (χ4n) is 1.35. The van der Waals surface area contributed by atoms with Gasteiger partial charge in [-0.3, -0.25) is 0 Å². The minimum Gasteiger partial charge on any atom is -0.305 e. The van der Waals surface area contributed by atoms with E-state index in [0.717, 1.165) is 0 Å². The van der Waals surface area contributed by atoms with Gasteiger partial charge in [0.15, 0.2) is 5.69 Å². The predicted molar refractivity (Wildman–Crippen MR) is 55.1 cm³/mol. The van der Waals surface area contributed by atoms with Crippen molar-refractivity contribution in [3.63, 3.8) is 0 Å². The SMILES string of the molecule is O=c1nc(C(F)(F)F)c2ccc(Br)cc2[nH]1. The third kappa shape index (κ3) is 1.95. The Morgan fingerprint density at radius 1 is 1.31 bits per heavy atom. The molecule has 16 heavy (non-hydrogen) atoms. The lowest BCUT2D eigenvalue weighted by molar-refractivity contribution is -0.140. The molecule has 7 heteroatoms. The van der Waals surface area contributed by atoms with Crippen molar-refractivity contribution in [2.45, 2.75) is 6.18 Å². The minimum absolute atomic E-state index is 0.0988. The molecule has 1 heterocycles. The maximum Gasteiger partial charge on any atom is 0.434 e. The zero-order valence-electron chi connectivity index (χ0n) is 7.60. The van der Waals surface area contributed by atoms with Crippen molar-refractivity contribution in [2.24, 2.45) is 0 Å². The van der Waals surface area contributed by atoms with Crippen molar-refractivity contribution in [1.82, 2.24) is 9.97 Å². The number of rotatable bonds is 0. The molecule has 84 valence electrons. The van der Waals surface area contributed by atoms with Gasteiger partial charge in [0.1, 0.15) is 0 Å². The lowest BCUT2D eigenvalue weighted by Crippen LogP contribution is -2.19. The summed E-state index contributed by atoms with van der Waals surface area (Å²) in [4.78, 5) is 16.2. The molecule has 0 radical (unpaired) electrons. The molecule has 1 aromatic carbocycles. The molecule has 0 aliphatic heterocycles. The second-order valence-electron chi connectivity index (χ2n) is 3.08. The summed E-state index contributed by atoms with van der Waals surface area (Å²) in [7, 11) is 0. The van der Waals surface area contributed by atoms with Gasteiger partial charge in [-0.1, -0.05) is 15.9 Å². The standard InChI is InChI=1S/C9H4BrF3N2O/c10-4-1-2-5-6(3-4)14-8(16)15-7(5)9(11,12)13/h1-3H,(H,14,15,16). The first kappa shape index (κ1) is 11.1. The fourth-order valence-corrected chi connectivity index (χ4v) is 1.71. The Morgan fingerprint density at radius 3 is 2.62 bits per heavy atom. The molecular weight excluding hydrogens is 289 g/mol. The second-order valence-corrected chi connectivity index (χ2v) is 3.99. The number of nitrogens with one attached hydrogen (secondary N) is 1. The lowest BCUT2D eigenvalue weighted by atomic mass is 10.2. The molecule has 0 saturated carbocycles. The summed E-state index contributed by atoms with van der Waals surface area (Å²) in [6.45, 7) is 0. The quantitative estimate of drug-likeness (QED) is 0.811. The van der Waals surface area contributed by atoms with Crippen molar-refractivity contribution < 1.29 is 13.2 Å². The van der Waals surface area contributed by atoms with E-state index in [1.165, 1.54) is 18.2 Å². The summed E-state index contributed by atoms with van der Waals surface area (Å²) in [5.41, 5.74) is -2.08. The molecule has 1 aromatic heterocycles. The van der Waals surface area contributed by atoms with Crippen LogP contribution in [0.1, 0.15) is 5.69 Å². The Bertz CT molecular complexity index is 606. The van der Waals surface area contributed by atoms with Crippen LogP contribution in [0.5, 0.6) is 0 Å². The number of H-pyrrole nitrogens is 1. The van der Waals surface area contributed by atoms with Crippen LogP contribution < -0.4 is 5.69 Å². The van der Waals surface area contributed by atoms with E-state index in [4.69, 9.17) is 0 Å². The molecule has 0 aliphatic rings. The van der Waals surface area contributed by atoms with Crippen molar-refractivity contribution >= 4 is 26.8 Å². The molecule has 2 aromatic rings. The maximum atomic E-state index is 12.6. The third-order valence-electron chi connectivity index (χ3n) is 1.96. The highest BCUT2D eigenvalue weighted by Crippen LogP contribution is 2.32. The lowest BCUT2D eigenvalue weighted by Gasteiger charge is -2.08. The first-order valence-electron chi connectivity index (χ1n) is 4.15. The van der Waals surface area contributed by atoms with E-state index >= 15 is 0 Å². The van der Waals surface area contributed by atoms with Gasteiger partial charge in [-0.25, -0.2) is 4.79 Å². The van der Waals surface area contributed by atoms with Crippen molar-refractivity contribution in [3.8, 4) is 0 Å². The number of aromatic amines is 1. The number of aromatic nitrogens is 2. The smallest absolute Gasteiger partial charge is 0.305 e. The average Bonchev–Trinajstić information content (AvgIpc) is 2.14. The van der Waals surface area contributed by atoms with Gasteiger partial charge in [0.25, 0.3) is 0 Å². The van der Waals surface area contributed by atoms with Crippen LogP contribution in [0.3, 0.4) is 0 Å². The molecule has 0 aliphatic carbocycles. The zero-order valence-corrected chi connectivity index (χ0v) is 9.19. The first-order valence-corrected chi connectivity index (χ1v) is 4.94. The van der Waals surface area contributed by atoms with E-state index in [0.29, 0.717) is 4.47 Å². The molecule has 0 atom stereocenters. The Balaban J connectivity index is 2.89. The Morgan fingerprint density at radius 2 is 2.00 bits per heavy atom. The number of halogens is 4. The van der Waals surface area contributed by atoms with Crippen LogP contribution in [0.2, 0.25) is 0 Å². The van der Waals surface area contributed by atoms with Gasteiger partial charge < -0.3 is 4.98 Å². The summed E-state index contributed by atoms with van der Waals surface area (Å²) in [5.74, 6) is 0. The molecule has 3 nitrogen and oxygen atoms in total. The predicted octanol–water partition coefficient (Wildman–Crippen LogP) is 2.70. The van der Waals surface area contributed by atoms with E-state index < -0.39 is 17.6 Å². The topological polar surface area (TPSA) is 45.8 Å². The molecule has 2 rings (SSSR count). The molecule has 0 spiro atoms. The largest absolute Gasteiger partial charge is 0.434 e. The summed E-state index contributed by atoms with van der Waals surface area (Å²) in [6.07, 6.45) is -4.64. The van der Waals surface area contributed by atoms with E-state index in [2.05, 4.69) is 25.9 Å². The van der Waals surface area contributed by atoms with E-state index in [1.807, 2.05) is 0 Å². The van der Waals surface area contributed by atoms with Gasteiger partial charge in [0.05, 0.1) is 5.52 Å². The molecular formula is C9H4BrF3N2O. The molecule has 0 amide bonds. The monoisotopic (exact) mass is 292 g/mol. The van der Waals surface area contributed by atoms with Crippen LogP contribution in [-0.2, 0) is 6.18 Å². The van der Waals surface area contributed by atoms with E-state index in [9.17, 15) is 18.0 Å². The fraction of sp³-hybridized carbons (Fsp3) is 0.111. The molecule has 0 bridgehead atoms. The highest BCUT2D eigenvalue weighted by atomic mass is 79.9. The maximum absolute atomic E-state index is 12.6. The van der Waals surface area contributed by atoms with E-state index in [1.54, 1.807) is 0 Å². The number of hydrogen-bond donors (Lipinski definition) is 1. The second kappa shape index (κ2) is 3.58. The first-order chi connectivity index (χ1) is 7.38. The summed E-state index contributed by atoms with van der Waals surface area (Å²) in [5, 5.41) is -0.129. The number of fused-ring (bicyclic) bond motifs is 1. The number of nitrogens with zero attached hydrogens (tertiary/aromatic N) is 1. The molecule has 0 fully saturated rings. The highest BCUT2D eigenvalue weighted by Gasteiger charge is 2.35. The molecule has 1 N–H and O–H groups in total. The summed E-state index contributed by atoms with van der Waals surface area (Å²) in [6, 6.07) is 4.11. The van der Waals surface area contributed by atoms with Crippen LogP contribution in [0.15, 0.2) is 27.5 Å². The summed E-state index contributed by atoms with van der Waals surface area (Å²) >= 11 is 3.11. The van der Waals surface area contributed by atoms with Crippen molar-refractivity contribution in [1.29, 1.82) is 0 Å². The van der Waals surface area contributed by atoms with Gasteiger partial charge in [-0.15, -0.1) is 0 Å². The Labute approximate surface area is 95.4 Å². The van der Waals surface area contributed by atoms with Gasteiger partial charge in [0, 0.05) is 9.86 Å². The normalized spacial score (nSPS) is 12.0. The minimum atomic E-state index is -4.64. The van der Waals surface area contributed by atoms with Crippen molar-refractivity contribution in [3.05, 3.63) is 38.9 Å². The van der Waals surface area contributed by atoms with Crippen molar-refractivity contribution in [2.75, 3.05) is 0 Å². The molecule has 0 saturated heterocycles. The Hall–Kier alpha value is -1.37. The van der Waals surface area contributed by atoms with Crippen LogP contribution in [0.25, 0.3) is 10.9 Å². The van der Waals surface area contributed by atoms with Crippen LogP contribution in [0, 0.1) is 0 Å². The van der Waals surface area contributed by atoms with Crippen LogP contribution in [0.4, 0.5) is 13.2 Å².